The molecule has 2 amide bonds. The van der Waals surface area contributed by atoms with Crippen molar-refractivity contribution in [3.63, 3.8) is 0 Å². The Morgan fingerprint density at radius 1 is 1.48 bits per heavy atom. The molecule has 0 saturated heterocycles. The van der Waals surface area contributed by atoms with E-state index in [2.05, 4.69) is 15.7 Å². The molecular formula is C16H20N4O3. The summed E-state index contributed by atoms with van der Waals surface area (Å²) in [6, 6.07) is 7.46. The van der Waals surface area contributed by atoms with Crippen LogP contribution in [0.4, 0.5) is 10.5 Å². The molecule has 1 unspecified atom stereocenters. The number of amides is 2. The van der Waals surface area contributed by atoms with Gasteiger partial charge in [-0.1, -0.05) is 18.2 Å². The van der Waals surface area contributed by atoms with Crippen LogP contribution < -0.4 is 15.4 Å². The van der Waals surface area contributed by atoms with Crippen molar-refractivity contribution in [3.8, 4) is 5.75 Å². The maximum atomic E-state index is 12.2. The van der Waals surface area contributed by atoms with E-state index in [0.717, 1.165) is 17.7 Å². The average Bonchev–Trinajstić information content (AvgIpc) is 3.00. The van der Waals surface area contributed by atoms with Crippen LogP contribution in [0.15, 0.2) is 36.7 Å². The molecule has 2 N–H and O–H groups in total. The third-order valence-corrected chi connectivity index (χ3v) is 3.68. The van der Waals surface area contributed by atoms with Crippen molar-refractivity contribution in [2.75, 3.05) is 25.6 Å². The van der Waals surface area contributed by atoms with Gasteiger partial charge in [-0.25, -0.2) is 4.79 Å². The van der Waals surface area contributed by atoms with Crippen LogP contribution in [0.1, 0.15) is 18.0 Å². The first-order valence-electron chi connectivity index (χ1n) is 7.57. The molecular weight excluding hydrogens is 296 g/mol. The van der Waals surface area contributed by atoms with Crippen LogP contribution >= 0.6 is 0 Å². The lowest BCUT2D eigenvalue weighted by atomic mass is 10.0. The molecule has 7 heteroatoms. The number of carbonyl (C=O) groups is 1. The average molecular weight is 316 g/mol. The highest BCUT2D eigenvalue weighted by Gasteiger charge is 2.22. The zero-order valence-electron chi connectivity index (χ0n) is 13.0. The van der Waals surface area contributed by atoms with Crippen LogP contribution in [-0.4, -0.2) is 36.1 Å². The molecule has 1 aliphatic rings. The van der Waals surface area contributed by atoms with Crippen molar-refractivity contribution in [1.29, 1.82) is 0 Å². The zero-order chi connectivity index (χ0) is 16.1. The number of fused-ring (bicyclic) bond motifs is 1. The molecule has 23 heavy (non-hydrogen) atoms. The van der Waals surface area contributed by atoms with Gasteiger partial charge in [-0.05, 0) is 6.07 Å². The Labute approximate surface area is 134 Å². The number of benzene rings is 1. The SMILES string of the molecule is COCCn1cc(NC(=O)NC2CCOc3ccccc32)cn1. The van der Waals surface area contributed by atoms with Crippen LogP contribution in [0.5, 0.6) is 5.75 Å². The highest BCUT2D eigenvalue weighted by atomic mass is 16.5. The third-order valence-electron chi connectivity index (χ3n) is 3.68. The molecule has 0 fully saturated rings. The van der Waals surface area contributed by atoms with E-state index in [1.807, 2.05) is 24.3 Å². The number of hydrogen-bond donors (Lipinski definition) is 2. The molecule has 0 spiro atoms. The predicted octanol–water partition coefficient (Wildman–Crippen LogP) is 2.17. The van der Waals surface area contributed by atoms with Gasteiger partial charge in [0.05, 0.1) is 37.7 Å². The van der Waals surface area contributed by atoms with E-state index < -0.39 is 0 Å². The second-order valence-electron chi connectivity index (χ2n) is 5.31. The first-order valence-corrected chi connectivity index (χ1v) is 7.57. The number of nitrogens with one attached hydrogen (secondary N) is 2. The minimum absolute atomic E-state index is 0.0523. The summed E-state index contributed by atoms with van der Waals surface area (Å²) in [6.07, 6.45) is 4.14. The van der Waals surface area contributed by atoms with E-state index >= 15 is 0 Å². The van der Waals surface area contributed by atoms with Crippen molar-refractivity contribution in [3.05, 3.63) is 42.2 Å². The van der Waals surface area contributed by atoms with Gasteiger partial charge in [0.15, 0.2) is 0 Å². The summed E-state index contributed by atoms with van der Waals surface area (Å²) in [6.45, 7) is 1.82. The van der Waals surface area contributed by atoms with Crippen molar-refractivity contribution < 1.29 is 14.3 Å². The van der Waals surface area contributed by atoms with Crippen LogP contribution in [0, 0.1) is 0 Å². The quantitative estimate of drug-likeness (QED) is 0.886. The van der Waals surface area contributed by atoms with E-state index in [1.54, 1.807) is 24.2 Å². The van der Waals surface area contributed by atoms with E-state index in [-0.39, 0.29) is 12.1 Å². The van der Waals surface area contributed by atoms with Crippen molar-refractivity contribution in [2.24, 2.45) is 0 Å². The number of ether oxygens (including phenoxy) is 2. The fourth-order valence-corrected chi connectivity index (χ4v) is 2.55. The molecule has 0 saturated carbocycles. The number of urea groups is 1. The molecule has 1 aromatic carbocycles. The molecule has 2 heterocycles. The molecule has 2 aromatic rings. The van der Waals surface area contributed by atoms with Gasteiger partial charge < -0.3 is 20.1 Å². The van der Waals surface area contributed by atoms with Gasteiger partial charge in [-0.3, -0.25) is 4.68 Å². The largest absolute Gasteiger partial charge is 0.493 e. The maximum absolute atomic E-state index is 12.2. The summed E-state index contributed by atoms with van der Waals surface area (Å²) < 4.78 is 12.3. The Hall–Kier alpha value is -2.54. The van der Waals surface area contributed by atoms with Crippen LogP contribution in [0.2, 0.25) is 0 Å². The molecule has 1 aliphatic heterocycles. The number of para-hydroxylation sites is 1. The lowest BCUT2D eigenvalue weighted by Crippen LogP contribution is -2.35. The smallest absolute Gasteiger partial charge is 0.319 e. The number of hydrogen-bond acceptors (Lipinski definition) is 4. The minimum Gasteiger partial charge on any atom is -0.493 e. The third kappa shape index (κ3) is 3.81. The van der Waals surface area contributed by atoms with Crippen LogP contribution in [0.25, 0.3) is 0 Å². The van der Waals surface area contributed by atoms with Crippen LogP contribution in [0.3, 0.4) is 0 Å². The number of nitrogens with zero attached hydrogens (tertiary/aromatic N) is 2. The number of carbonyl (C=O) groups excluding carboxylic acids is 1. The molecule has 0 aliphatic carbocycles. The van der Waals surface area contributed by atoms with Gasteiger partial charge in [0, 0.05) is 25.3 Å². The zero-order valence-corrected chi connectivity index (χ0v) is 13.0. The summed E-state index contributed by atoms with van der Waals surface area (Å²) >= 11 is 0. The fraction of sp³-hybridized carbons (Fsp3) is 0.375. The summed E-state index contributed by atoms with van der Waals surface area (Å²) in [7, 11) is 1.64. The van der Waals surface area contributed by atoms with E-state index in [4.69, 9.17) is 9.47 Å². The molecule has 122 valence electrons. The molecule has 1 aromatic heterocycles. The predicted molar refractivity (Wildman–Crippen MR) is 85.6 cm³/mol. The Kier molecular flexibility index (Phi) is 4.77. The van der Waals surface area contributed by atoms with Gasteiger partial charge in [0.25, 0.3) is 0 Å². The van der Waals surface area contributed by atoms with E-state index in [1.165, 1.54) is 0 Å². The van der Waals surface area contributed by atoms with E-state index in [9.17, 15) is 4.79 Å². The van der Waals surface area contributed by atoms with Crippen molar-refractivity contribution in [2.45, 2.75) is 19.0 Å². The minimum atomic E-state index is -0.252. The van der Waals surface area contributed by atoms with Crippen molar-refractivity contribution in [1.82, 2.24) is 15.1 Å². The van der Waals surface area contributed by atoms with Gasteiger partial charge in [-0.2, -0.15) is 5.10 Å². The number of rotatable bonds is 5. The summed E-state index contributed by atoms with van der Waals surface area (Å²) in [4.78, 5) is 12.2. The molecule has 1 atom stereocenters. The second kappa shape index (κ2) is 7.15. The van der Waals surface area contributed by atoms with Crippen LogP contribution in [-0.2, 0) is 11.3 Å². The highest BCUT2D eigenvalue weighted by Crippen LogP contribution is 2.31. The van der Waals surface area contributed by atoms with Gasteiger partial charge in [0.2, 0.25) is 0 Å². The fourth-order valence-electron chi connectivity index (χ4n) is 2.55. The summed E-state index contributed by atoms with van der Waals surface area (Å²) in [5.41, 5.74) is 1.66. The molecule has 7 nitrogen and oxygen atoms in total. The molecule has 0 radical (unpaired) electrons. The Morgan fingerprint density at radius 2 is 2.35 bits per heavy atom. The number of methoxy groups -OCH3 is 1. The topological polar surface area (TPSA) is 77.4 Å². The van der Waals surface area contributed by atoms with Gasteiger partial charge >= 0.3 is 6.03 Å². The Bertz CT molecular complexity index is 671. The van der Waals surface area contributed by atoms with Crippen molar-refractivity contribution >= 4 is 11.7 Å². The standard InChI is InChI=1S/C16H20N4O3/c1-22-9-7-20-11-12(10-17-20)18-16(21)19-14-6-8-23-15-5-3-2-4-13(14)15/h2-5,10-11,14H,6-9H2,1H3,(H2,18,19,21). The lowest BCUT2D eigenvalue weighted by Gasteiger charge is -2.26. The second-order valence-corrected chi connectivity index (χ2v) is 5.31. The lowest BCUT2D eigenvalue weighted by molar-refractivity contribution is 0.183. The summed E-state index contributed by atoms with van der Waals surface area (Å²) in [5.74, 6) is 0.830. The number of anilines is 1. The number of aromatic nitrogens is 2. The molecule has 3 rings (SSSR count). The summed E-state index contributed by atoms with van der Waals surface area (Å²) in [5, 5.41) is 9.95. The Morgan fingerprint density at radius 3 is 3.22 bits per heavy atom. The first kappa shape index (κ1) is 15.4. The maximum Gasteiger partial charge on any atom is 0.319 e. The van der Waals surface area contributed by atoms with Gasteiger partial charge in [0.1, 0.15) is 5.75 Å². The normalized spacial score (nSPS) is 16.3. The van der Waals surface area contributed by atoms with Gasteiger partial charge in [-0.15, -0.1) is 0 Å². The van der Waals surface area contributed by atoms with E-state index in [0.29, 0.717) is 25.4 Å². The highest BCUT2D eigenvalue weighted by molar-refractivity contribution is 5.89. The molecule has 0 bridgehead atoms. The first-order chi connectivity index (χ1) is 11.3. The Balaban J connectivity index is 1.59. The monoisotopic (exact) mass is 316 g/mol.